The van der Waals surface area contributed by atoms with Gasteiger partial charge in [0.05, 0.1) is 0 Å². The number of hydrogen-bond donors (Lipinski definition) is 2. The van der Waals surface area contributed by atoms with Gasteiger partial charge in [0, 0.05) is 0 Å². The zero-order chi connectivity index (χ0) is 14.9. The Bertz CT molecular complexity index is 650. The number of aliphatic hydroxyl groups is 1. The molecular weight excluding hydrogens is 258 g/mol. The maximum absolute atomic E-state index is 11.6. The predicted molar refractivity (Wildman–Crippen MR) is 86.3 cm³/mol. The molecule has 1 unspecified atom stereocenters. The van der Waals surface area contributed by atoms with E-state index >= 15 is 0 Å². The van der Waals surface area contributed by atoms with Gasteiger partial charge in [0.15, 0.2) is 0 Å². The fourth-order valence-corrected chi connectivity index (χ4v) is 3.60. The van der Waals surface area contributed by atoms with Gasteiger partial charge >= 0.3 is 0 Å². The van der Waals surface area contributed by atoms with Crippen molar-refractivity contribution >= 4 is 0 Å². The third-order valence-electron chi connectivity index (χ3n) is 4.71. The SMILES string of the molecule is Cc1cccc2c1CCc1ccccc1C2(O)CCCN. The molecule has 21 heavy (non-hydrogen) atoms. The van der Waals surface area contributed by atoms with Gasteiger partial charge in [-0.25, -0.2) is 0 Å². The summed E-state index contributed by atoms with van der Waals surface area (Å²) in [6.45, 7) is 2.74. The van der Waals surface area contributed by atoms with Crippen molar-refractivity contribution in [1.82, 2.24) is 0 Å². The van der Waals surface area contributed by atoms with Gasteiger partial charge in [-0.2, -0.15) is 0 Å². The molecule has 1 aliphatic rings. The molecule has 3 rings (SSSR count). The summed E-state index contributed by atoms with van der Waals surface area (Å²) < 4.78 is 0. The van der Waals surface area contributed by atoms with E-state index in [1.807, 2.05) is 6.07 Å². The largest absolute Gasteiger partial charge is 0.380 e. The molecule has 110 valence electrons. The van der Waals surface area contributed by atoms with Crippen molar-refractivity contribution in [2.75, 3.05) is 6.54 Å². The van der Waals surface area contributed by atoms with Crippen LogP contribution in [0.25, 0.3) is 0 Å². The zero-order valence-electron chi connectivity index (χ0n) is 12.6. The molecule has 0 amide bonds. The highest BCUT2D eigenvalue weighted by Gasteiger charge is 2.36. The molecule has 2 aromatic carbocycles. The van der Waals surface area contributed by atoms with Gasteiger partial charge in [-0.15, -0.1) is 0 Å². The van der Waals surface area contributed by atoms with Gasteiger partial charge in [-0.05, 0) is 67.0 Å². The van der Waals surface area contributed by atoms with Crippen molar-refractivity contribution in [2.45, 2.75) is 38.2 Å². The molecule has 0 aromatic heterocycles. The van der Waals surface area contributed by atoms with Crippen LogP contribution in [0.3, 0.4) is 0 Å². The highest BCUT2D eigenvalue weighted by Crippen LogP contribution is 2.41. The minimum atomic E-state index is -0.909. The molecular formula is C19H23NO. The van der Waals surface area contributed by atoms with E-state index < -0.39 is 5.60 Å². The van der Waals surface area contributed by atoms with Crippen molar-refractivity contribution < 1.29 is 5.11 Å². The first-order chi connectivity index (χ1) is 10.2. The van der Waals surface area contributed by atoms with E-state index in [1.54, 1.807) is 0 Å². The second-order valence-electron chi connectivity index (χ2n) is 6.01. The average molecular weight is 281 g/mol. The van der Waals surface area contributed by atoms with Gasteiger partial charge in [-0.1, -0.05) is 42.5 Å². The van der Waals surface area contributed by atoms with E-state index in [1.165, 1.54) is 16.7 Å². The smallest absolute Gasteiger partial charge is 0.115 e. The fraction of sp³-hybridized carbons (Fsp3) is 0.368. The first-order valence-corrected chi connectivity index (χ1v) is 7.76. The van der Waals surface area contributed by atoms with Crippen LogP contribution in [0.4, 0.5) is 0 Å². The maximum Gasteiger partial charge on any atom is 0.115 e. The minimum absolute atomic E-state index is 0.603. The Hall–Kier alpha value is -1.64. The zero-order valence-corrected chi connectivity index (χ0v) is 12.6. The van der Waals surface area contributed by atoms with Crippen molar-refractivity contribution in [3.8, 4) is 0 Å². The van der Waals surface area contributed by atoms with Gasteiger partial charge in [0.25, 0.3) is 0 Å². The van der Waals surface area contributed by atoms with Crippen molar-refractivity contribution in [3.63, 3.8) is 0 Å². The van der Waals surface area contributed by atoms with Gasteiger partial charge < -0.3 is 10.8 Å². The standard InChI is InChI=1S/C19H23NO/c1-14-6-4-9-18-16(14)11-10-15-7-2-3-8-17(15)19(18,21)12-5-13-20/h2-4,6-9,21H,5,10-13,20H2,1H3. The highest BCUT2D eigenvalue weighted by atomic mass is 16.3. The number of fused-ring (bicyclic) bond motifs is 2. The Balaban J connectivity index is 2.22. The van der Waals surface area contributed by atoms with Crippen LogP contribution in [-0.2, 0) is 18.4 Å². The molecule has 0 saturated heterocycles. The second kappa shape index (κ2) is 5.63. The van der Waals surface area contributed by atoms with Crippen LogP contribution < -0.4 is 5.73 Å². The molecule has 0 radical (unpaired) electrons. The van der Waals surface area contributed by atoms with Crippen LogP contribution in [0.15, 0.2) is 42.5 Å². The summed E-state index contributed by atoms with van der Waals surface area (Å²) in [4.78, 5) is 0. The average Bonchev–Trinajstić information content (AvgIpc) is 2.63. The number of nitrogens with two attached hydrogens (primary N) is 1. The Labute approximate surface area is 126 Å². The molecule has 1 aliphatic carbocycles. The number of hydrogen-bond acceptors (Lipinski definition) is 2. The Morgan fingerprint density at radius 3 is 2.62 bits per heavy atom. The summed E-state index contributed by atoms with van der Waals surface area (Å²) >= 11 is 0. The third kappa shape index (κ3) is 2.39. The molecule has 1 atom stereocenters. The Morgan fingerprint density at radius 2 is 1.81 bits per heavy atom. The van der Waals surface area contributed by atoms with E-state index in [2.05, 4.69) is 43.3 Å². The molecule has 2 heteroatoms. The number of rotatable bonds is 3. The van der Waals surface area contributed by atoms with E-state index in [0.29, 0.717) is 13.0 Å². The van der Waals surface area contributed by atoms with Gasteiger partial charge in [0.1, 0.15) is 5.60 Å². The predicted octanol–water partition coefficient (Wildman–Crippen LogP) is 3.07. The van der Waals surface area contributed by atoms with Crippen molar-refractivity contribution in [2.24, 2.45) is 5.73 Å². The fourth-order valence-electron chi connectivity index (χ4n) is 3.60. The molecule has 2 aromatic rings. The topological polar surface area (TPSA) is 46.2 Å². The molecule has 0 saturated carbocycles. The van der Waals surface area contributed by atoms with Gasteiger partial charge in [-0.3, -0.25) is 0 Å². The molecule has 0 fully saturated rings. The Kier molecular flexibility index (Phi) is 3.83. The van der Waals surface area contributed by atoms with Crippen LogP contribution in [0.2, 0.25) is 0 Å². The molecule has 0 spiro atoms. The van der Waals surface area contributed by atoms with Crippen LogP contribution in [0.1, 0.15) is 40.7 Å². The second-order valence-corrected chi connectivity index (χ2v) is 6.01. The minimum Gasteiger partial charge on any atom is -0.380 e. The Morgan fingerprint density at radius 1 is 1.05 bits per heavy atom. The lowest BCUT2D eigenvalue weighted by Crippen LogP contribution is -2.29. The quantitative estimate of drug-likeness (QED) is 0.908. The summed E-state index contributed by atoms with van der Waals surface area (Å²) in [5.41, 5.74) is 10.7. The summed E-state index contributed by atoms with van der Waals surface area (Å²) in [5, 5.41) is 11.6. The third-order valence-corrected chi connectivity index (χ3v) is 4.71. The van der Waals surface area contributed by atoms with Crippen LogP contribution in [0, 0.1) is 6.92 Å². The van der Waals surface area contributed by atoms with Crippen LogP contribution >= 0.6 is 0 Å². The summed E-state index contributed by atoms with van der Waals surface area (Å²) in [5.74, 6) is 0. The lowest BCUT2D eigenvalue weighted by Gasteiger charge is -2.31. The normalized spacial score (nSPS) is 20.5. The summed E-state index contributed by atoms with van der Waals surface area (Å²) in [6.07, 6.45) is 3.47. The lowest BCUT2D eigenvalue weighted by atomic mass is 9.79. The molecule has 0 aliphatic heterocycles. The summed E-state index contributed by atoms with van der Waals surface area (Å²) in [6, 6.07) is 14.6. The van der Waals surface area contributed by atoms with E-state index in [-0.39, 0.29) is 0 Å². The van der Waals surface area contributed by atoms with Crippen LogP contribution in [0.5, 0.6) is 0 Å². The van der Waals surface area contributed by atoms with Crippen LogP contribution in [-0.4, -0.2) is 11.7 Å². The molecule has 3 N–H and O–H groups in total. The van der Waals surface area contributed by atoms with Crippen molar-refractivity contribution in [3.05, 3.63) is 70.3 Å². The monoisotopic (exact) mass is 281 g/mol. The number of benzene rings is 2. The summed E-state index contributed by atoms with van der Waals surface area (Å²) in [7, 11) is 0. The van der Waals surface area contributed by atoms with Crippen molar-refractivity contribution in [1.29, 1.82) is 0 Å². The molecule has 2 nitrogen and oxygen atoms in total. The van der Waals surface area contributed by atoms with E-state index in [4.69, 9.17) is 5.73 Å². The molecule has 0 heterocycles. The maximum atomic E-state index is 11.6. The highest BCUT2D eigenvalue weighted by molar-refractivity contribution is 5.49. The lowest BCUT2D eigenvalue weighted by molar-refractivity contribution is 0.0687. The van der Waals surface area contributed by atoms with E-state index in [0.717, 1.165) is 30.4 Å². The molecule has 0 bridgehead atoms. The first kappa shape index (κ1) is 14.3. The first-order valence-electron chi connectivity index (χ1n) is 7.76. The number of aryl methyl sites for hydroxylation is 2. The van der Waals surface area contributed by atoms with E-state index in [9.17, 15) is 5.11 Å². The van der Waals surface area contributed by atoms with Gasteiger partial charge in [0.2, 0.25) is 0 Å².